The Morgan fingerprint density at radius 2 is 1.79 bits per heavy atom. The number of nitrogens with one attached hydrogen (secondary N) is 2. The maximum atomic E-state index is 12.7. The molecular weight excluding hydrogens is 368 g/mol. The third kappa shape index (κ3) is 4.84. The number of benzene rings is 1. The summed E-state index contributed by atoms with van der Waals surface area (Å²) in [6, 6.07) is 12.6. The van der Waals surface area contributed by atoms with E-state index in [1.54, 1.807) is 35.1 Å². The SMILES string of the molecule is CCCc1c(C(=O)NCc2ccccn2)nnn1-c1ccc(C(=O)NCC)cc1. The lowest BCUT2D eigenvalue weighted by molar-refractivity contribution is 0.0940. The summed E-state index contributed by atoms with van der Waals surface area (Å²) in [5, 5.41) is 13.9. The lowest BCUT2D eigenvalue weighted by Gasteiger charge is -2.09. The van der Waals surface area contributed by atoms with Gasteiger partial charge < -0.3 is 10.6 Å². The summed E-state index contributed by atoms with van der Waals surface area (Å²) in [5.74, 6) is -0.412. The summed E-state index contributed by atoms with van der Waals surface area (Å²) in [6.07, 6.45) is 3.17. The molecular formula is C21H24N6O2. The second-order valence-corrected chi connectivity index (χ2v) is 6.46. The maximum absolute atomic E-state index is 12.7. The molecule has 150 valence electrons. The first-order chi connectivity index (χ1) is 14.1. The van der Waals surface area contributed by atoms with Crippen LogP contribution >= 0.6 is 0 Å². The van der Waals surface area contributed by atoms with Crippen molar-refractivity contribution < 1.29 is 9.59 Å². The molecule has 8 nitrogen and oxygen atoms in total. The number of nitrogens with zero attached hydrogens (tertiary/aromatic N) is 4. The summed E-state index contributed by atoms with van der Waals surface area (Å²) in [4.78, 5) is 28.8. The van der Waals surface area contributed by atoms with Crippen LogP contribution in [0.25, 0.3) is 5.69 Å². The maximum Gasteiger partial charge on any atom is 0.274 e. The summed E-state index contributed by atoms with van der Waals surface area (Å²) in [5.41, 5.74) is 3.12. The Morgan fingerprint density at radius 1 is 1.00 bits per heavy atom. The van der Waals surface area contributed by atoms with Gasteiger partial charge in [-0.1, -0.05) is 24.6 Å². The van der Waals surface area contributed by atoms with Crippen molar-refractivity contribution in [3.05, 3.63) is 71.3 Å². The van der Waals surface area contributed by atoms with Crippen LogP contribution in [0.15, 0.2) is 48.7 Å². The number of hydrogen-bond donors (Lipinski definition) is 2. The Bertz CT molecular complexity index is 967. The van der Waals surface area contributed by atoms with Crippen LogP contribution in [0.1, 0.15) is 52.5 Å². The summed E-state index contributed by atoms with van der Waals surface area (Å²) in [7, 11) is 0. The van der Waals surface area contributed by atoms with E-state index < -0.39 is 0 Å². The number of amides is 2. The number of rotatable bonds is 8. The second-order valence-electron chi connectivity index (χ2n) is 6.46. The molecule has 0 saturated carbocycles. The van der Waals surface area contributed by atoms with Crippen LogP contribution in [0, 0.1) is 0 Å². The molecule has 29 heavy (non-hydrogen) atoms. The zero-order chi connectivity index (χ0) is 20.6. The molecule has 2 amide bonds. The fourth-order valence-corrected chi connectivity index (χ4v) is 2.92. The van der Waals surface area contributed by atoms with E-state index in [4.69, 9.17) is 0 Å². The van der Waals surface area contributed by atoms with Gasteiger partial charge in [0.1, 0.15) is 0 Å². The standard InChI is InChI=1S/C21H24N6O2/c1-3-7-18-19(21(29)24-14-16-8-5-6-13-23-16)25-26-27(18)17-11-9-15(10-12-17)20(28)22-4-2/h5-6,8-13H,3-4,7,14H2,1-2H3,(H,22,28)(H,24,29). The van der Waals surface area contributed by atoms with Gasteiger partial charge in [0.15, 0.2) is 5.69 Å². The minimum absolute atomic E-state index is 0.124. The Kier molecular flexibility index (Phi) is 6.67. The van der Waals surface area contributed by atoms with Gasteiger partial charge in [-0.25, -0.2) is 4.68 Å². The first-order valence-electron chi connectivity index (χ1n) is 9.65. The molecule has 1 aromatic carbocycles. The molecule has 0 fully saturated rings. The van der Waals surface area contributed by atoms with Crippen molar-refractivity contribution in [1.29, 1.82) is 0 Å². The molecule has 0 aliphatic rings. The van der Waals surface area contributed by atoms with Crippen LogP contribution < -0.4 is 10.6 Å². The molecule has 8 heteroatoms. The predicted octanol–water partition coefficient (Wildman–Crippen LogP) is 2.29. The summed E-state index contributed by atoms with van der Waals surface area (Å²) < 4.78 is 1.65. The Hall–Kier alpha value is -3.55. The molecule has 0 bridgehead atoms. The largest absolute Gasteiger partial charge is 0.352 e. The van der Waals surface area contributed by atoms with E-state index in [1.165, 1.54) is 0 Å². The lowest BCUT2D eigenvalue weighted by atomic mass is 10.1. The Balaban J connectivity index is 1.81. The molecule has 0 aliphatic heterocycles. The minimum atomic E-state index is -0.288. The van der Waals surface area contributed by atoms with Crippen LogP contribution in [0.4, 0.5) is 0 Å². The van der Waals surface area contributed by atoms with Gasteiger partial charge in [-0.05, 0) is 49.7 Å². The number of aromatic nitrogens is 4. The summed E-state index contributed by atoms with van der Waals surface area (Å²) >= 11 is 0. The molecule has 0 aliphatic carbocycles. The minimum Gasteiger partial charge on any atom is -0.352 e. The van der Waals surface area contributed by atoms with Crippen LogP contribution in [-0.2, 0) is 13.0 Å². The Labute approximate surface area is 169 Å². The number of carbonyl (C=O) groups is 2. The molecule has 0 atom stereocenters. The topological polar surface area (TPSA) is 102 Å². The van der Waals surface area contributed by atoms with Crippen LogP contribution in [0.2, 0.25) is 0 Å². The van der Waals surface area contributed by atoms with Crippen LogP contribution in [0.5, 0.6) is 0 Å². The number of hydrogen-bond acceptors (Lipinski definition) is 5. The smallest absolute Gasteiger partial charge is 0.274 e. The highest BCUT2D eigenvalue weighted by atomic mass is 16.2. The number of carbonyl (C=O) groups excluding carboxylic acids is 2. The van der Waals surface area contributed by atoms with Crippen molar-refractivity contribution in [2.24, 2.45) is 0 Å². The van der Waals surface area contributed by atoms with Crippen LogP contribution in [0.3, 0.4) is 0 Å². The van der Waals surface area contributed by atoms with Crippen molar-refractivity contribution in [3.63, 3.8) is 0 Å². The highest BCUT2D eigenvalue weighted by Gasteiger charge is 2.20. The second kappa shape index (κ2) is 9.59. The van der Waals surface area contributed by atoms with E-state index in [0.717, 1.165) is 23.5 Å². The third-order valence-electron chi connectivity index (χ3n) is 4.33. The van der Waals surface area contributed by atoms with E-state index in [1.807, 2.05) is 32.0 Å². The molecule has 3 rings (SSSR count). The van der Waals surface area contributed by atoms with E-state index in [2.05, 4.69) is 25.9 Å². The van der Waals surface area contributed by atoms with Gasteiger partial charge in [0, 0.05) is 18.3 Å². The van der Waals surface area contributed by atoms with Gasteiger partial charge >= 0.3 is 0 Å². The first kappa shape index (κ1) is 20.2. The normalized spacial score (nSPS) is 10.6. The monoisotopic (exact) mass is 392 g/mol. The van der Waals surface area contributed by atoms with Gasteiger partial charge in [-0.3, -0.25) is 14.6 Å². The summed E-state index contributed by atoms with van der Waals surface area (Å²) in [6.45, 7) is 4.80. The molecule has 0 unspecified atom stereocenters. The van der Waals surface area contributed by atoms with Gasteiger partial charge in [-0.15, -0.1) is 5.10 Å². The van der Waals surface area contributed by atoms with Crippen LogP contribution in [-0.4, -0.2) is 38.3 Å². The molecule has 2 heterocycles. The fraction of sp³-hybridized carbons (Fsp3) is 0.286. The average Bonchev–Trinajstić information content (AvgIpc) is 3.17. The highest BCUT2D eigenvalue weighted by molar-refractivity contribution is 5.94. The molecule has 0 saturated heterocycles. The first-order valence-corrected chi connectivity index (χ1v) is 9.65. The third-order valence-corrected chi connectivity index (χ3v) is 4.33. The molecule has 2 aromatic heterocycles. The molecule has 0 spiro atoms. The van der Waals surface area contributed by atoms with Gasteiger partial charge in [0.2, 0.25) is 0 Å². The van der Waals surface area contributed by atoms with E-state index >= 15 is 0 Å². The lowest BCUT2D eigenvalue weighted by Crippen LogP contribution is -2.25. The number of pyridine rings is 1. The molecule has 2 N–H and O–H groups in total. The molecule has 0 radical (unpaired) electrons. The van der Waals surface area contributed by atoms with E-state index in [0.29, 0.717) is 30.8 Å². The van der Waals surface area contributed by atoms with Crippen molar-refractivity contribution in [1.82, 2.24) is 30.6 Å². The fourth-order valence-electron chi connectivity index (χ4n) is 2.92. The Morgan fingerprint density at radius 3 is 2.45 bits per heavy atom. The zero-order valence-corrected chi connectivity index (χ0v) is 16.6. The van der Waals surface area contributed by atoms with Gasteiger partial charge in [0.25, 0.3) is 11.8 Å². The van der Waals surface area contributed by atoms with E-state index in [9.17, 15) is 9.59 Å². The van der Waals surface area contributed by atoms with Gasteiger partial charge in [-0.2, -0.15) is 0 Å². The van der Waals surface area contributed by atoms with Crippen molar-refractivity contribution in [2.75, 3.05) is 6.54 Å². The average molecular weight is 392 g/mol. The van der Waals surface area contributed by atoms with Crippen molar-refractivity contribution >= 4 is 11.8 Å². The van der Waals surface area contributed by atoms with Crippen molar-refractivity contribution in [3.8, 4) is 5.69 Å². The van der Waals surface area contributed by atoms with E-state index in [-0.39, 0.29) is 11.8 Å². The zero-order valence-electron chi connectivity index (χ0n) is 16.6. The highest BCUT2D eigenvalue weighted by Crippen LogP contribution is 2.16. The quantitative estimate of drug-likeness (QED) is 0.612. The van der Waals surface area contributed by atoms with Crippen molar-refractivity contribution in [2.45, 2.75) is 33.2 Å². The predicted molar refractivity (Wildman–Crippen MR) is 109 cm³/mol. The van der Waals surface area contributed by atoms with Gasteiger partial charge in [0.05, 0.1) is 23.6 Å². The molecule has 3 aromatic rings.